The lowest BCUT2D eigenvalue weighted by molar-refractivity contribution is 0.507. The molecule has 3 rings (SSSR count). The van der Waals surface area contributed by atoms with Crippen molar-refractivity contribution in [2.24, 2.45) is 11.8 Å². The Hall–Kier alpha value is -4.47. The van der Waals surface area contributed by atoms with Gasteiger partial charge in [0.2, 0.25) is 0 Å². The molecule has 3 aromatic rings. The molecule has 0 bridgehead atoms. The number of nitrogens with zero attached hydrogens (tertiary/aromatic N) is 3. The topological polar surface area (TPSA) is 99.1 Å². The summed E-state index contributed by atoms with van der Waals surface area (Å²) in [6.45, 7) is 25.0. The van der Waals surface area contributed by atoms with E-state index in [4.69, 9.17) is 15.8 Å². The number of benzene rings is 3. The Morgan fingerprint density at radius 3 is 0.651 bits per heavy atom. The maximum Gasteiger partial charge on any atom is 0.292 e. The lowest BCUT2D eigenvalue weighted by atomic mass is 10.3. The molecule has 43 heavy (non-hydrogen) atoms. The first-order chi connectivity index (χ1) is 19.8. The normalized spacial score (nSPS) is 7.05. The van der Waals surface area contributed by atoms with E-state index in [1.54, 1.807) is 55.2 Å². The van der Waals surface area contributed by atoms with Gasteiger partial charge in [-0.1, -0.05) is 153 Å². The van der Waals surface area contributed by atoms with Crippen LogP contribution in [0.5, 0.6) is 17.2 Å². The molecule has 0 heterocycles. The highest BCUT2D eigenvalue weighted by atomic mass is 16.5. The van der Waals surface area contributed by atoms with E-state index in [0.717, 1.165) is 11.8 Å². The second-order valence-corrected chi connectivity index (χ2v) is 7.98. The van der Waals surface area contributed by atoms with Gasteiger partial charge in [-0.15, -0.1) is 15.8 Å². The number of para-hydroxylation sites is 3. The second-order valence-electron chi connectivity index (χ2n) is 7.98. The van der Waals surface area contributed by atoms with Crippen molar-refractivity contribution < 1.29 is 14.2 Å². The van der Waals surface area contributed by atoms with Crippen molar-refractivity contribution in [2.75, 3.05) is 0 Å². The van der Waals surface area contributed by atoms with Crippen LogP contribution >= 0.6 is 0 Å². The van der Waals surface area contributed by atoms with Crippen LogP contribution in [-0.4, -0.2) is 0 Å². The van der Waals surface area contributed by atoms with E-state index in [-0.39, 0.29) is 14.9 Å². The molecule has 0 fully saturated rings. The molecule has 242 valence electrons. The molecule has 0 amide bonds. The van der Waals surface area contributed by atoms with Gasteiger partial charge >= 0.3 is 0 Å². The Bertz CT molecular complexity index is 841. The van der Waals surface area contributed by atoms with E-state index in [0.29, 0.717) is 17.2 Å². The molecule has 0 N–H and O–H groups in total. The van der Waals surface area contributed by atoms with E-state index >= 15 is 0 Å². The molecular formula is C37H61N3O3. The maximum absolute atomic E-state index is 8.05. The van der Waals surface area contributed by atoms with Crippen LogP contribution < -0.4 is 14.2 Å². The number of hydrogen-bond acceptors (Lipinski definition) is 6. The summed E-state index contributed by atoms with van der Waals surface area (Å²) in [4.78, 5) is 0. The van der Waals surface area contributed by atoms with Crippen molar-refractivity contribution in [3.63, 3.8) is 0 Å². The Morgan fingerprint density at radius 1 is 0.395 bits per heavy atom. The molecule has 6 nitrogen and oxygen atoms in total. The Morgan fingerprint density at radius 2 is 0.535 bits per heavy atom. The molecule has 0 radical (unpaired) electrons. The number of hydrogen-bond donors (Lipinski definition) is 0. The third-order valence-corrected chi connectivity index (χ3v) is 2.72. The zero-order chi connectivity index (χ0) is 32.7. The van der Waals surface area contributed by atoms with Gasteiger partial charge in [-0.25, -0.2) is 0 Å². The summed E-state index contributed by atoms with van der Waals surface area (Å²) >= 11 is 0. The lowest BCUT2D eigenvalue weighted by Gasteiger charge is -1.89. The fraction of sp³-hybridized carbons (Fsp3) is 0.432. The molecule has 0 saturated carbocycles. The monoisotopic (exact) mass is 595 g/mol. The first kappa shape index (κ1) is 54.6. The van der Waals surface area contributed by atoms with Crippen LogP contribution in [0.3, 0.4) is 0 Å². The predicted molar refractivity (Wildman–Crippen MR) is 187 cm³/mol. The van der Waals surface area contributed by atoms with Gasteiger partial charge in [-0.2, -0.15) is 0 Å². The van der Waals surface area contributed by atoms with Crippen molar-refractivity contribution in [2.45, 2.75) is 97.9 Å². The summed E-state index contributed by atoms with van der Waals surface area (Å²) in [6, 6.07) is 26.8. The minimum absolute atomic E-state index is 0. The van der Waals surface area contributed by atoms with E-state index in [1.807, 2.05) is 96.1 Å². The highest BCUT2D eigenvalue weighted by Gasteiger charge is 1.86. The average molecular weight is 596 g/mol. The van der Waals surface area contributed by atoms with Crippen molar-refractivity contribution in [1.82, 2.24) is 0 Å². The molecule has 3 aromatic carbocycles. The largest absolute Gasteiger partial charge is 0.388 e. The first-order valence-corrected chi connectivity index (χ1v) is 14.1. The fourth-order valence-corrected chi connectivity index (χ4v) is 1.62. The highest BCUT2D eigenvalue weighted by molar-refractivity contribution is 5.23. The van der Waals surface area contributed by atoms with Gasteiger partial charge in [-0.05, 0) is 48.2 Å². The summed E-state index contributed by atoms with van der Waals surface area (Å²) in [6.07, 6.45) is 4.75. The SMILES string of the molecule is C.C.CC.CC.CC.CC(C)C.CC(C)C.N#COc1ccccc1.N#COc1ccccc1.N#COc1ccccc1. The van der Waals surface area contributed by atoms with Crippen molar-refractivity contribution in [3.8, 4) is 36.0 Å². The molecule has 0 atom stereocenters. The van der Waals surface area contributed by atoms with Gasteiger partial charge in [0.05, 0.1) is 0 Å². The summed E-state index contributed by atoms with van der Waals surface area (Å²) < 4.78 is 13.5. The quantitative estimate of drug-likeness (QED) is 0.279. The molecule has 0 saturated heterocycles. The Kier molecular flexibility index (Phi) is 64.0. The van der Waals surface area contributed by atoms with E-state index in [9.17, 15) is 0 Å². The minimum atomic E-state index is 0. The molecule has 0 aromatic heterocycles. The van der Waals surface area contributed by atoms with Crippen molar-refractivity contribution >= 4 is 0 Å². The van der Waals surface area contributed by atoms with Crippen LogP contribution in [0, 0.1) is 46.4 Å². The van der Waals surface area contributed by atoms with Crippen LogP contribution in [0.2, 0.25) is 0 Å². The van der Waals surface area contributed by atoms with Gasteiger partial charge in [0.1, 0.15) is 17.2 Å². The van der Waals surface area contributed by atoms with E-state index in [1.165, 1.54) is 0 Å². The van der Waals surface area contributed by atoms with Gasteiger partial charge in [0.15, 0.2) is 0 Å². The van der Waals surface area contributed by atoms with Crippen LogP contribution in [0.4, 0.5) is 0 Å². The third kappa shape index (κ3) is 58.2. The molecule has 0 aliphatic rings. The Balaban J connectivity index is -0.0000000735. The standard InChI is InChI=1S/3C7H5NO.2C4H10.3C2H6.2CH4/c3*8-6-9-7-4-2-1-3-5-7;2*1-4(2)3;3*1-2;;/h3*1-5H;2*4H,1-3H3;3*1-2H3;2*1H4. The van der Waals surface area contributed by atoms with Crippen LogP contribution in [0.25, 0.3) is 0 Å². The molecule has 0 aliphatic heterocycles. The van der Waals surface area contributed by atoms with Gasteiger partial charge < -0.3 is 14.2 Å². The van der Waals surface area contributed by atoms with Crippen molar-refractivity contribution in [3.05, 3.63) is 91.0 Å². The van der Waals surface area contributed by atoms with Gasteiger partial charge in [0.25, 0.3) is 18.8 Å². The lowest BCUT2D eigenvalue weighted by Crippen LogP contribution is -1.78. The van der Waals surface area contributed by atoms with Crippen molar-refractivity contribution in [1.29, 1.82) is 15.8 Å². The Labute approximate surface area is 266 Å². The second kappa shape index (κ2) is 50.4. The highest BCUT2D eigenvalue weighted by Crippen LogP contribution is 2.07. The zero-order valence-corrected chi connectivity index (χ0v) is 27.4. The van der Waals surface area contributed by atoms with Crippen LogP contribution in [0.1, 0.15) is 97.9 Å². The molecule has 0 unspecified atom stereocenters. The molecule has 0 spiro atoms. The van der Waals surface area contributed by atoms with Gasteiger partial charge in [-0.3, -0.25) is 0 Å². The minimum Gasteiger partial charge on any atom is -0.388 e. The average Bonchev–Trinajstić information content (AvgIpc) is 2.99. The predicted octanol–water partition coefficient (Wildman–Crippen LogP) is 12.3. The third-order valence-electron chi connectivity index (χ3n) is 2.72. The van der Waals surface area contributed by atoms with Crippen LogP contribution in [-0.2, 0) is 0 Å². The summed E-state index contributed by atoms with van der Waals surface area (Å²) in [7, 11) is 0. The summed E-state index contributed by atoms with van der Waals surface area (Å²) in [5, 5.41) is 24.1. The number of nitriles is 3. The number of rotatable bonds is 3. The zero-order valence-electron chi connectivity index (χ0n) is 27.4. The first-order valence-electron chi connectivity index (χ1n) is 14.1. The summed E-state index contributed by atoms with van der Waals surface area (Å²) in [5.74, 6) is 3.42. The molecule has 0 aliphatic carbocycles. The molecular weight excluding hydrogens is 534 g/mol. The number of ether oxygens (including phenoxy) is 3. The van der Waals surface area contributed by atoms with E-state index < -0.39 is 0 Å². The fourth-order valence-electron chi connectivity index (χ4n) is 1.62. The maximum atomic E-state index is 8.05. The summed E-state index contributed by atoms with van der Waals surface area (Å²) in [5.41, 5.74) is 0. The van der Waals surface area contributed by atoms with Gasteiger partial charge in [0, 0.05) is 0 Å². The molecule has 6 heteroatoms. The smallest absolute Gasteiger partial charge is 0.292 e. The van der Waals surface area contributed by atoms with E-state index in [2.05, 4.69) is 55.8 Å². The van der Waals surface area contributed by atoms with Crippen LogP contribution in [0.15, 0.2) is 91.0 Å².